The molecule has 120 valence electrons. The van der Waals surface area contributed by atoms with Crippen LogP contribution in [0.15, 0.2) is 48.5 Å². The molecule has 4 rings (SSSR count). The summed E-state index contributed by atoms with van der Waals surface area (Å²) < 4.78 is 0. The molecule has 1 atom stereocenters. The van der Waals surface area contributed by atoms with Gasteiger partial charge in [0.05, 0.1) is 28.5 Å². The topological polar surface area (TPSA) is 46.1 Å². The normalized spacial score (nSPS) is 16.9. The van der Waals surface area contributed by atoms with Crippen LogP contribution < -0.4 is 0 Å². The molecule has 0 saturated carbocycles. The predicted molar refractivity (Wildman–Crippen MR) is 93.8 cm³/mol. The van der Waals surface area contributed by atoms with Gasteiger partial charge in [-0.25, -0.2) is 9.97 Å². The Labute approximate surface area is 141 Å². The van der Waals surface area contributed by atoms with Crippen LogP contribution in [0.25, 0.3) is 11.0 Å². The van der Waals surface area contributed by atoms with Crippen molar-refractivity contribution in [2.24, 2.45) is 0 Å². The summed E-state index contributed by atoms with van der Waals surface area (Å²) in [4.78, 5) is 23.9. The second kappa shape index (κ2) is 5.71. The van der Waals surface area contributed by atoms with Gasteiger partial charge in [0.1, 0.15) is 0 Å². The lowest BCUT2D eigenvalue weighted by atomic mass is 9.93. The van der Waals surface area contributed by atoms with Crippen LogP contribution in [0.3, 0.4) is 0 Å². The zero-order valence-electron chi connectivity index (χ0n) is 13.9. The van der Waals surface area contributed by atoms with Crippen molar-refractivity contribution < 1.29 is 4.79 Å². The van der Waals surface area contributed by atoms with Crippen LogP contribution in [-0.4, -0.2) is 27.3 Å². The van der Waals surface area contributed by atoms with E-state index in [0.717, 1.165) is 35.4 Å². The largest absolute Gasteiger partial charge is 0.331 e. The number of hydrogen-bond donors (Lipinski definition) is 0. The number of likely N-dealkylation sites (tertiary alicyclic amines) is 1. The van der Waals surface area contributed by atoms with Crippen LogP contribution >= 0.6 is 0 Å². The van der Waals surface area contributed by atoms with Crippen molar-refractivity contribution in [1.29, 1.82) is 0 Å². The van der Waals surface area contributed by atoms with Gasteiger partial charge >= 0.3 is 0 Å². The molecule has 0 bridgehead atoms. The number of amides is 1. The van der Waals surface area contributed by atoms with Crippen LogP contribution in [0.5, 0.6) is 0 Å². The van der Waals surface area contributed by atoms with E-state index in [1.165, 1.54) is 5.56 Å². The van der Waals surface area contributed by atoms with Gasteiger partial charge in [0.25, 0.3) is 5.91 Å². The van der Waals surface area contributed by atoms with Crippen LogP contribution in [0, 0.1) is 13.8 Å². The average molecular weight is 317 g/mol. The van der Waals surface area contributed by atoms with Gasteiger partial charge in [0.15, 0.2) is 0 Å². The highest BCUT2D eigenvalue weighted by Crippen LogP contribution is 2.34. The zero-order chi connectivity index (χ0) is 16.7. The quantitative estimate of drug-likeness (QED) is 0.721. The molecule has 1 aliphatic rings. The molecular formula is C20H19N3O. The fraction of sp³-hybridized carbons (Fsp3) is 0.250. The summed E-state index contributed by atoms with van der Waals surface area (Å²) in [6.07, 6.45) is 1.02. The highest BCUT2D eigenvalue weighted by Gasteiger charge is 2.33. The van der Waals surface area contributed by atoms with E-state index < -0.39 is 0 Å². The minimum atomic E-state index is 0.0667. The van der Waals surface area contributed by atoms with Gasteiger partial charge in [-0.1, -0.05) is 30.3 Å². The van der Waals surface area contributed by atoms with Crippen molar-refractivity contribution >= 4 is 16.9 Å². The first kappa shape index (κ1) is 14.8. The van der Waals surface area contributed by atoms with E-state index in [-0.39, 0.29) is 11.9 Å². The minimum absolute atomic E-state index is 0.0667. The van der Waals surface area contributed by atoms with Crippen molar-refractivity contribution in [3.63, 3.8) is 0 Å². The predicted octanol–water partition coefficient (Wildman–Crippen LogP) is 3.83. The molecule has 0 spiro atoms. The Hall–Kier alpha value is -2.75. The molecule has 1 fully saturated rings. The monoisotopic (exact) mass is 317 g/mol. The van der Waals surface area contributed by atoms with Crippen molar-refractivity contribution in [2.75, 3.05) is 6.54 Å². The molecule has 2 aromatic carbocycles. The van der Waals surface area contributed by atoms with Gasteiger partial charge in [0, 0.05) is 12.1 Å². The van der Waals surface area contributed by atoms with E-state index in [4.69, 9.17) is 0 Å². The Morgan fingerprint density at radius 2 is 1.71 bits per heavy atom. The smallest absolute Gasteiger partial charge is 0.254 e. The molecule has 1 aromatic heterocycles. The van der Waals surface area contributed by atoms with Gasteiger partial charge in [-0.15, -0.1) is 0 Å². The molecule has 2 heterocycles. The number of rotatable bonds is 2. The van der Waals surface area contributed by atoms with Crippen molar-refractivity contribution in [3.05, 3.63) is 71.0 Å². The average Bonchev–Trinajstić information content (AvgIpc) is 2.55. The van der Waals surface area contributed by atoms with Crippen molar-refractivity contribution in [2.45, 2.75) is 26.3 Å². The molecule has 24 heavy (non-hydrogen) atoms. The Morgan fingerprint density at radius 3 is 2.38 bits per heavy atom. The molecule has 0 radical (unpaired) electrons. The Morgan fingerprint density at radius 1 is 1.00 bits per heavy atom. The minimum Gasteiger partial charge on any atom is -0.331 e. The van der Waals surface area contributed by atoms with Crippen LogP contribution in [0.4, 0.5) is 0 Å². The molecule has 0 N–H and O–H groups in total. The molecule has 1 aliphatic heterocycles. The fourth-order valence-corrected chi connectivity index (χ4v) is 3.18. The maximum atomic E-state index is 12.9. The molecule has 1 amide bonds. The number of carbonyl (C=O) groups excluding carboxylic acids is 1. The van der Waals surface area contributed by atoms with E-state index in [1.807, 2.05) is 55.1 Å². The second-order valence-corrected chi connectivity index (χ2v) is 6.31. The number of hydrogen-bond acceptors (Lipinski definition) is 3. The van der Waals surface area contributed by atoms with Gasteiger partial charge in [0.2, 0.25) is 0 Å². The molecular weight excluding hydrogens is 298 g/mol. The molecule has 4 nitrogen and oxygen atoms in total. The lowest BCUT2D eigenvalue weighted by Gasteiger charge is -2.41. The second-order valence-electron chi connectivity index (χ2n) is 6.31. The standard InChI is InChI=1S/C20H19N3O/c1-13-14(2)22-18-12-16(8-9-17(18)21-13)20(24)23-11-10-19(23)15-6-4-3-5-7-15/h3-9,12,19H,10-11H2,1-2H3. The third-order valence-corrected chi connectivity index (χ3v) is 4.79. The summed E-state index contributed by atoms with van der Waals surface area (Å²) in [5.74, 6) is 0.0667. The van der Waals surface area contributed by atoms with E-state index in [9.17, 15) is 4.79 Å². The maximum absolute atomic E-state index is 12.9. The van der Waals surface area contributed by atoms with Gasteiger partial charge in [-0.3, -0.25) is 4.79 Å². The van der Waals surface area contributed by atoms with E-state index in [0.29, 0.717) is 5.56 Å². The van der Waals surface area contributed by atoms with Crippen molar-refractivity contribution in [3.8, 4) is 0 Å². The van der Waals surface area contributed by atoms with E-state index in [2.05, 4.69) is 22.1 Å². The number of aryl methyl sites for hydroxylation is 2. The summed E-state index contributed by atoms with van der Waals surface area (Å²) in [6.45, 7) is 4.69. The van der Waals surface area contributed by atoms with Crippen molar-refractivity contribution in [1.82, 2.24) is 14.9 Å². The summed E-state index contributed by atoms with van der Waals surface area (Å²) in [7, 11) is 0. The fourth-order valence-electron chi connectivity index (χ4n) is 3.18. The van der Waals surface area contributed by atoms with Crippen LogP contribution in [0.1, 0.15) is 39.8 Å². The SMILES string of the molecule is Cc1nc2ccc(C(=O)N3CCC3c3ccccc3)cc2nc1C. The first-order valence-electron chi connectivity index (χ1n) is 8.24. The van der Waals surface area contributed by atoms with Crippen LogP contribution in [0.2, 0.25) is 0 Å². The zero-order valence-corrected chi connectivity index (χ0v) is 13.9. The van der Waals surface area contributed by atoms with Crippen LogP contribution in [-0.2, 0) is 0 Å². The maximum Gasteiger partial charge on any atom is 0.254 e. The summed E-state index contributed by atoms with van der Waals surface area (Å²) in [5, 5.41) is 0. The Kier molecular flexibility index (Phi) is 3.53. The number of nitrogens with zero attached hydrogens (tertiary/aromatic N) is 3. The van der Waals surface area contributed by atoms with Gasteiger partial charge in [-0.05, 0) is 44.0 Å². The number of aromatic nitrogens is 2. The number of fused-ring (bicyclic) bond motifs is 1. The Balaban J connectivity index is 1.65. The van der Waals surface area contributed by atoms with E-state index >= 15 is 0 Å². The number of carbonyl (C=O) groups is 1. The third-order valence-electron chi connectivity index (χ3n) is 4.79. The van der Waals surface area contributed by atoms with Gasteiger partial charge in [-0.2, -0.15) is 0 Å². The summed E-state index contributed by atoms with van der Waals surface area (Å²) in [5.41, 5.74) is 5.31. The van der Waals surface area contributed by atoms with Gasteiger partial charge < -0.3 is 4.90 Å². The molecule has 3 aromatic rings. The molecule has 1 saturated heterocycles. The summed E-state index contributed by atoms with van der Waals surface area (Å²) >= 11 is 0. The first-order valence-corrected chi connectivity index (χ1v) is 8.24. The van der Waals surface area contributed by atoms with E-state index in [1.54, 1.807) is 0 Å². The number of benzene rings is 2. The molecule has 4 heteroatoms. The third kappa shape index (κ3) is 2.44. The highest BCUT2D eigenvalue weighted by atomic mass is 16.2. The molecule has 0 aliphatic carbocycles. The summed E-state index contributed by atoms with van der Waals surface area (Å²) in [6, 6.07) is 16.0. The highest BCUT2D eigenvalue weighted by molar-refractivity contribution is 5.98. The molecule has 1 unspecified atom stereocenters. The Bertz CT molecular complexity index is 921. The lowest BCUT2D eigenvalue weighted by molar-refractivity contribution is 0.0460. The lowest BCUT2D eigenvalue weighted by Crippen LogP contribution is -2.45. The first-order chi connectivity index (χ1) is 11.6.